The number of likely N-dealkylation sites (tertiary alicyclic amines) is 1. The van der Waals surface area contributed by atoms with E-state index in [0.717, 1.165) is 18.0 Å². The normalized spacial score (nSPS) is 27.3. The average molecular weight is 291 g/mol. The average Bonchev–Trinajstić information content (AvgIpc) is 2.78. The van der Waals surface area contributed by atoms with Gasteiger partial charge in [0.2, 0.25) is 0 Å². The molecule has 0 spiro atoms. The van der Waals surface area contributed by atoms with Crippen molar-refractivity contribution >= 4 is 17.1 Å². The molecule has 1 aliphatic carbocycles. The minimum atomic E-state index is 0.332. The standard InChI is InChI=1S/C17H25NOS/c1-12-10-15(13(2)20-12)17(19)11-18-9-5-7-14-6-3-4-8-16(14)18/h10,14,16H,3-9,11H2,1-2H3. The number of Topliss-reactive ketones (excluding diaryl/α,β-unsaturated/α-hetero) is 1. The molecule has 0 amide bonds. The number of hydrogen-bond acceptors (Lipinski definition) is 3. The van der Waals surface area contributed by atoms with Gasteiger partial charge in [-0.25, -0.2) is 0 Å². The van der Waals surface area contributed by atoms with Crippen molar-refractivity contribution in [2.45, 2.75) is 58.4 Å². The number of ketones is 1. The molecule has 0 radical (unpaired) electrons. The number of nitrogens with zero attached hydrogens (tertiary/aromatic N) is 1. The predicted octanol–water partition coefficient (Wildman–Crippen LogP) is 4.20. The molecule has 3 rings (SSSR count). The van der Waals surface area contributed by atoms with Gasteiger partial charge in [0.25, 0.3) is 0 Å². The first-order valence-corrected chi connectivity index (χ1v) is 8.81. The van der Waals surface area contributed by atoms with Crippen LogP contribution in [0.2, 0.25) is 0 Å². The molecule has 2 atom stereocenters. The molecule has 1 aromatic heterocycles. The van der Waals surface area contributed by atoms with Crippen molar-refractivity contribution in [2.75, 3.05) is 13.1 Å². The highest BCUT2D eigenvalue weighted by atomic mass is 32.1. The Labute approximate surface area is 126 Å². The number of aryl methyl sites for hydroxylation is 2. The number of thiophene rings is 1. The van der Waals surface area contributed by atoms with Gasteiger partial charge < -0.3 is 0 Å². The molecule has 110 valence electrons. The number of carbonyl (C=O) groups excluding carboxylic acids is 1. The third kappa shape index (κ3) is 2.84. The summed E-state index contributed by atoms with van der Waals surface area (Å²) in [6.45, 7) is 5.92. The first kappa shape index (κ1) is 14.3. The van der Waals surface area contributed by atoms with E-state index in [9.17, 15) is 4.79 Å². The Morgan fingerprint density at radius 3 is 2.75 bits per heavy atom. The summed E-state index contributed by atoms with van der Waals surface area (Å²) in [4.78, 5) is 17.5. The summed E-state index contributed by atoms with van der Waals surface area (Å²) in [5.74, 6) is 1.19. The van der Waals surface area contributed by atoms with Gasteiger partial charge >= 0.3 is 0 Å². The van der Waals surface area contributed by atoms with E-state index in [2.05, 4.69) is 24.8 Å². The minimum Gasteiger partial charge on any atom is -0.293 e. The summed E-state index contributed by atoms with van der Waals surface area (Å²) < 4.78 is 0. The molecule has 3 heteroatoms. The smallest absolute Gasteiger partial charge is 0.177 e. The zero-order chi connectivity index (χ0) is 14.1. The Balaban J connectivity index is 1.70. The molecule has 20 heavy (non-hydrogen) atoms. The van der Waals surface area contributed by atoms with E-state index in [1.54, 1.807) is 11.3 Å². The molecule has 2 aliphatic rings. The first-order chi connectivity index (χ1) is 9.65. The van der Waals surface area contributed by atoms with Crippen LogP contribution in [0.1, 0.15) is 58.6 Å². The zero-order valence-electron chi connectivity index (χ0n) is 12.7. The molecule has 0 bridgehead atoms. The summed E-state index contributed by atoms with van der Waals surface area (Å²) in [5, 5.41) is 0. The maximum atomic E-state index is 12.6. The maximum absolute atomic E-state index is 12.6. The summed E-state index contributed by atoms with van der Waals surface area (Å²) in [6, 6.07) is 2.76. The molecule has 1 aromatic rings. The topological polar surface area (TPSA) is 20.3 Å². The lowest BCUT2D eigenvalue weighted by Gasteiger charge is -2.43. The van der Waals surface area contributed by atoms with E-state index >= 15 is 0 Å². The summed E-state index contributed by atoms with van der Waals surface area (Å²) in [7, 11) is 0. The second-order valence-electron chi connectivity index (χ2n) is 6.47. The van der Waals surface area contributed by atoms with Crippen LogP contribution in [0.3, 0.4) is 0 Å². The van der Waals surface area contributed by atoms with Crippen LogP contribution >= 0.6 is 11.3 Å². The third-order valence-corrected chi connectivity index (χ3v) is 6.01. The van der Waals surface area contributed by atoms with Crippen LogP contribution in [0.25, 0.3) is 0 Å². The minimum absolute atomic E-state index is 0.332. The number of rotatable bonds is 3. The molecule has 1 saturated heterocycles. The Hall–Kier alpha value is -0.670. The fraction of sp³-hybridized carbons (Fsp3) is 0.706. The Bertz CT molecular complexity index is 491. The Morgan fingerprint density at radius 2 is 2.00 bits per heavy atom. The highest BCUT2D eigenvalue weighted by Gasteiger charge is 2.34. The number of hydrogen-bond donors (Lipinski definition) is 0. The van der Waals surface area contributed by atoms with Gasteiger partial charge in [-0.05, 0) is 58.1 Å². The number of fused-ring (bicyclic) bond motifs is 1. The molecule has 0 aromatic carbocycles. The van der Waals surface area contributed by atoms with Crippen LogP contribution in [0.4, 0.5) is 0 Å². The summed E-state index contributed by atoms with van der Waals surface area (Å²) in [5.41, 5.74) is 0.963. The van der Waals surface area contributed by atoms with Crippen molar-refractivity contribution < 1.29 is 4.79 Å². The molecule has 1 saturated carbocycles. The Kier molecular flexibility index (Phi) is 4.27. The van der Waals surface area contributed by atoms with E-state index in [0.29, 0.717) is 18.4 Å². The van der Waals surface area contributed by atoms with Gasteiger partial charge in [-0.3, -0.25) is 9.69 Å². The lowest BCUT2D eigenvalue weighted by molar-refractivity contribution is 0.0539. The largest absolute Gasteiger partial charge is 0.293 e. The molecule has 2 unspecified atom stereocenters. The van der Waals surface area contributed by atoms with Crippen molar-refractivity contribution in [3.05, 3.63) is 21.4 Å². The quantitative estimate of drug-likeness (QED) is 0.778. The van der Waals surface area contributed by atoms with Crippen LogP contribution < -0.4 is 0 Å². The second kappa shape index (κ2) is 5.98. The lowest BCUT2D eigenvalue weighted by Crippen LogP contribution is -2.48. The van der Waals surface area contributed by atoms with Gasteiger partial charge in [-0.2, -0.15) is 0 Å². The van der Waals surface area contributed by atoms with Gasteiger partial charge in [0.05, 0.1) is 6.54 Å². The van der Waals surface area contributed by atoms with Crippen molar-refractivity contribution in [3.8, 4) is 0 Å². The third-order valence-electron chi connectivity index (χ3n) is 5.05. The van der Waals surface area contributed by atoms with Crippen LogP contribution in [-0.4, -0.2) is 29.8 Å². The van der Waals surface area contributed by atoms with E-state index in [1.165, 1.54) is 48.3 Å². The monoisotopic (exact) mass is 291 g/mol. The van der Waals surface area contributed by atoms with E-state index in [-0.39, 0.29) is 0 Å². The lowest BCUT2D eigenvalue weighted by atomic mass is 9.78. The molecule has 2 heterocycles. The van der Waals surface area contributed by atoms with Crippen LogP contribution in [0, 0.1) is 19.8 Å². The number of carbonyl (C=O) groups is 1. The van der Waals surface area contributed by atoms with Gasteiger partial charge in [-0.1, -0.05) is 12.8 Å². The van der Waals surface area contributed by atoms with Gasteiger partial charge in [0.1, 0.15) is 0 Å². The van der Waals surface area contributed by atoms with Gasteiger partial charge in [0.15, 0.2) is 5.78 Å². The predicted molar refractivity (Wildman–Crippen MR) is 84.7 cm³/mol. The zero-order valence-corrected chi connectivity index (χ0v) is 13.5. The number of piperidine rings is 1. The second-order valence-corrected chi connectivity index (χ2v) is 7.94. The van der Waals surface area contributed by atoms with Crippen LogP contribution in [0.5, 0.6) is 0 Å². The van der Waals surface area contributed by atoms with Crippen molar-refractivity contribution in [1.29, 1.82) is 0 Å². The molecule has 1 aliphatic heterocycles. The highest BCUT2D eigenvalue weighted by molar-refractivity contribution is 7.12. The molecule has 2 fully saturated rings. The van der Waals surface area contributed by atoms with Crippen molar-refractivity contribution in [2.24, 2.45) is 5.92 Å². The highest BCUT2D eigenvalue weighted by Crippen LogP contribution is 2.35. The van der Waals surface area contributed by atoms with Gasteiger partial charge in [-0.15, -0.1) is 11.3 Å². The molecule has 0 N–H and O–H groups in total. The fourth-order valence-electron chi connectivity index (χ4n) is 4.10. The van der Waals surface area contributed by atoms with Crippen molar-refractivity contribution in [1.82, 2.24) is 4.90 Å². The van der Waals surface area contributed by atoms with E-state index in [1.807, 2.05) is 0 Å². The summed E-state index contributed by atoms with van der Waals surface area (Å²) >= 11 is 1.74. The SMILES string of the molecule is Cc1cc(C(=O)CN2CCCC3CCCCC32)c(C)s1. The van der Waals surface area contributed by atoms with Crippen LogP contribution in [0.15, 0.2) is 6.07 Å². The van der Waals surface area contributed by atoms with Crippen molar-refractivity contribution in [3.63, 3.8) is 0 Å². The summed E-state index contributed by atoms with van der Waals surface area (Å²) in [6.07, 6.45) is 8.09. The first-order valence-electron chi connectivity index (χ1n) is 7.99. The fourth-order valence-corrected chi connectivity index (χ4v) is 5.04. The molecule has 2 nitrogen and oxygen atoms in total. The molecular weight excluding hydrogens is 266 g/mol. The van der Waals surface area contributed by atoms with Crippen LogP contribution in [-0.2, 0) is 0 Å². The van der Waals surface area contributed by atoms with E-state index < -0.39 is 0 Å². The van der Waals surface area contributed by atoms with Gasteiger partial charge in [0, 0.05) is 21.4 Å². The molecular formula is C17H25NOS. The Morgan fingerprint density at radius 1 is 1.25 bits per heavy atom. The maximum Gasteiger partial charge on any atom is 0.177 e. The van der Waals surface area contributed by atoms with E-state index in [4.69, 9.17) is 0 Å².